The Morgan fingerprint density at radius 3 is 2.54 bits per heavy atom. The number of rotatable bonds is 9. The molecule has 1 aromatic heterocycles. The average molecular weight is 386 g/mol. The van der Waals surface area contributed by atoms with Crippen molar-refractivity contribution in [2.45, 2.75) is 51.8 Å². The van der Waals surface area contributed by atoms with Crippen molar-refractivity contribution in [3.63, 3.8) is 0 Å². The highest BCUT2D eigenvalue weighted by Crippen LogP contribution is 2.27. The monoisotopic (exact) mass is 385 g/mol. The summed E-state index contributed by atoms with van der Waals surface area (Å²) in [4.78, 5) is 11.4. The van der Waals surface area contributed by atoms with Gasteiger partial charge in [-0.05, 0) is 18.9 Å². The van der Waals surface area contributed by atoms with Gasteiger partial charge in [0.05, 0.1) is 20.3 Å². The van der Waals surface area contributed by atoms with Crippen LogP contribution in [0.4, 0.5) is 0 Å². The lowest BCUT2D eigenvalue weighted by atomic mass is 10.1. The molecular formula is C22H31N3O3. The van der Waals surface area contributed by atoms with E-state index in [1.165, 1.54) is 0 Å². The first-order valence-electron chi connectivity index (χ1n) is 9.94. The Morgan fingerprint density at radius 2 is 1.93 bits per heavy atom. The Bertz CT molecular complexity index is 743. The fraction of sp³-hybridized carbons (Fsp3) is 0.545. The molecule has 28 heavy (non-hydrogen) atoms. The Labute approximate surface area is 167 Å². The second kappa shape index (κ2) is 9.85. The van der Waals surface area contributed by atoms with Crippen LogP contribution in [0.25, 0.3) is 0 Å². The molecule has 0 saturated carbocycles. The number of nitrogens with zero attached hydrogens (tertiary/aromatic N) is 3. The molecule has 1 aliphatic rings. The average Bonchev–Trinajstić information content (AvgIpc) is 3.21. The number of aromatic nitrogens is 2. The summed E-state index contributed by atoms with van der Waals surface area (Å²) in [5, 5.41) is 0. The highest BCUT2D eigenvalue weighted by atomic mass is 16.5. The van der Waals surface area contributed by atoms with E-state index >= 15 is 0 Å². The van der Waals surface area contributed by atoms with Gasteiger partial charge < -0.3 is 14.2 Å². The van der Waals surface area contributed by atoms with Gasteiger partial charge in [0.15, 0.2) is 0 Å². The molecule has 6 nitrogen and oxygen atoms in total. The first-order chi connectivity index (χ1) is 13.6. The molecule has 2 aromatic rings. The van der Waals surface area contributed by atoms with Crippen molar-refractivity contribution in [2.24, 2.45) is 0 Å². The highest BCUT2D eigenvalue weighted by molar-refractivity contribution is 5.40. The fourth-order valence-electron chi connectivity index (χ4n) is 3.49. The third-order valence-corrected chi connectivity index (χ3v) is 5.02. The maximum atomic E-state index is 5.88. The van der Waals surface area contributed by atoms with Gasteiger partial charge in [0.2, 0.25) is 0 Å². The minimum atomic E-state index is 0.278. The van der Waals surface area contributed by atoms with Crippen molar-refractivity contribution in [3.8, 4) is 11.5 Å². The number of hydrogen-bond acceptors (Lipinski definition) is 6. The van der Waals surface area contributed by atoms with E-state index in [0.29, 0.717) is 5.92 Å². The molecule has 0 spiro atoms. The summed E-state index contributed by atoms with van der Waals surface area (Å²) in [6.07, 6.45) is 6.40. The van der Waals surface area contributed by atoms with Crippen molar-refractivity contribution >= 4 is 0 Å². The van der Waals surface area contributed by atoms with Crippen molar-refractivity contribution < 1.29 is 14.2 Å². The van der Waals surface area contributed by atoms with Crippen LogP contribution in [0.5, 0.6) is 11.5 Å². The third-order valence-electron chi connectivity index (χ3n) is 5.02. The molecule has 1 aliphatic heterocycles. The molecule has 0 aliphatic carbocycles. The van der Waals surface area contributed by atoms with E-state index in [1.807, 2.05) is 24.5 Å². The highest BCUT2D eigenvalue weighted by Gasteiger charge is 2.21. The normalized spacial score (nSPS) is 16.7. The van der Waals surface area contributed by atoms with Crippen LogP contribution >= 0.6 is 0 Å². The molecule has 1 fully saturated rings. The molecule has 6 heteroatoms. The van der Waals surface area contributed by atoms with Crippen molar-refractivity contribution in [2.75, 3.05) is 27.4 Å². The number of ether oxygens (including phenoxy) is 3. The zero-order chi connectivity index (χ0) is 19.9. The number of methoxy groups -OCH3 is 2. The van der Waals surface area contributed by atoms with Crippen LogP contribution in [0.15, 0.2) is 30.6 Å². The Kier molecular flexibility index (Phi) is 7.23. The van der Waals surface area contributed by atoms with Crippen LogP contribution in [0.3, 0.4) is 0 Å². The van der Waals surface area contributed by atoms with Gasteiger partial charge in [-0.15, -0.1) is 0 Å². The van der Waals surface area contributed by atoms with Gasteiger partial charge in [0.25, 0.3) is 0 Å². The van der Waals surface area contributed by atoms with Gasteiger partial charge in [-0.25, -0.2) is 9.97 Å². The van der Waals surface area contributed by atoms with Gasteiger partial charge in [0, 0.05) is 61.7 Å². The Morgan fingerprint density at radius 1 is 1.14 bits per heavy atom. The lowest BCUT2D eigenvalue weighted by Gasteiger charge is -2.26. The molecule has 0 bridgehead atoms. The van der Waals surface area contributed by atoms with E-state index in [4.69, 9.17) is 14.2 Å². The molecule has 0 radical (unpaired) electrons. The zero-order valence-corrected chi connectivity index (χ0v) is 17.4. The summed E-state index contributed by atoms with van der Waals surface area (Å²) < 4.78 is 16.8. The largest absolute Gasteiger partial charge is 0.497 e. The van der Waals surface area contributed by atoms with E-state index in [9.17, 15) is 0 Å². The van der Waals surface area contributed by atoms with Crippen molar-refractivity contribution in [1.29, 1.82) is 0 Å². The Balaban J connectivity index is 1.76. The first kappa shape index (κ1) is 20.6. The Hall–Kier alpha value is -2.18. The SMILES string of the molecule is COc1ccc(CN(Cc2cnc(C(C)C)nc2)C[C@@H]2CCCO2)c(OC)c1. The second-order valence-corrected chi connectivity index (χ2v) is 7.59. The van der Waals surface area contributed by atoms with E-state index in [1.54, 1.807) is 14.2 Å². The maximum absolute atomic E-state index is 5.88. The van der Waals surface area contributed by atoms with Crippen LogP contribution in [-0.2, 0) is 17.8 Å². The van der Waals surface area contributed by atoms with Crippen LogP contribution in [0.1, 0.15) is 49.6 Å². The van der Waals surface area contributed by atoms with Gasteiger partial charge in [-0.3, -0.25) is 4.90 Å². The lowest BCUT2D eigenvalue weighted by molar-refractivity contribution is 0.0675. The van der Waals surface area contributed by atoms with Crippen LogP contribution in [0, 0.1) is 0 Å². The summed E-state index contributed by atoms with van der Waals surface area (Å²) >= 11 is 0. The predicted molar refractivity (Wildman–Crippen MR) is 109 cm³/mol. The number of benzene rings is 1. The van der Waals surface area contributed by atoms with Gasteiger partial charge >= 0.3 is 0 Å². The van der Waals surface area contributed by atoms with Crippen LogP contribution in [-0.4, -0.2) is 48.3 Å². The molecule has 1 aromatic carbocycles. The molecule has 1 atom stereocenters. The van der Waals surface area contributed by atoms with Gasteiger partial charge in [-0.2, -0.15) is 0 Å². The molecule has 2 heterocycles. The minimum Gasteiger partial charge on any atom is -0.497 e. The van der Waals surface area contributed by atoms with Crippen LogP contribution < -0.4 is 9.47 Å². The lowest BCUT2D eigenvalue weighted by Crippen LogP contribution is -2.31. The van der Waals surface area contributed by atoms with E-state index < -0.39 is 0 Å². The summed E-state index contributed by atoms with van der Waals surface area (Å²) in [6.45, 7) is 7.48. The van der Waals surface area contributed by atoms with E-state index in [2.05, 4.69) is 34.8 Å². The summed E-state index contributed by atoms with van der Waals surface area (Å²) in [5.41, 5.74) is 2.23. The van der Waals surface area contributed by atoms with Gasteiger partial charge in [-0.1, -0.05) is 19.9 Å². The quantitative estimate of drug-likeness (QED) is 0.654. The van der Waals surface area contributed by atoms with E-state index in [-0.39, 0.29) is 6.10 Å². The molecule has 0 unspecified atom stereocenters. The fourth-order valence-corrected chi connectivity index (χ4v) is 3.49. The van der Waals surface area contributed by atoms with Crippen molar-refractivity contribution in [3.05, 3.63) is 47.5 Å². The topological polar surface area (TPSA) is 56.7 Å². The maximum Gasteiger partial charge on any atom is 0.130 e. The zero-order valence-electron chi connectivity index (χ0n) is 17.4. The number of hydrogen-bond donors (Lipinski definition) is 0. The summed E-state index contributed by atoms with van der Waals surface area (Å²) in [7, 11) is 3.36. The van der Waals surface area contributed by atoms with Gasteiger partial charge in [0.1, 0.15) is 17.3 Å². The minimum absolute atomic E-state index is 0.278. The second-order valence-electron chi connectivity index (χ2n) is 7.59. The molecule has 0 N–H and O–H groups in total. The van der Waals surface area contributed by atoms with Crippen LogP contribution in [0.2, 0.25) is 0 Å². The third kappa shape index (κ3) is 5.42. The summed E-state index contributed by atoms with van der Waals surface area (Å²) in [5.74, 6) is 2.85. The van der Waals surface area contributed by atoms with Crippen molar-refractivity contribution in [1.82, 2.24) is 14.9 Å². The first-order valence-corrected chi connectivity index (χ1v) is 9.94. The molecule has 3 rings (SSSR count). The molecule has 152 valence electrons. The van der Waals surface area contributed by atoms with E-state index in [0.717, 1.165) is 67.5 Å². The molecule has 1 saturated heterocycles. The molecular weight excluding hydrogens is 354 g/mol. The molecule has 0 amide bonds. The standard InChI is InChI=1S/C22H31N3O3/c1-16(2)22-23-11-17(12-24-22)13-25(15-20-6-5-9-28-20)14-18-7-8-19(26-3)10-21(18)27-4/h7-8,10-12,16,20H,5-6,9,13-15H2,1-4H3/t20-/m0/s1. The summed E-state index contributed by atoms with van der Waals surface area (Å²) in [6, 6.07) is 5.97. The smallest absolute Gasteiger partial charge is 0.130 e. The predicted octanol–water partition coefficient (Wildman–Crippen LogP) is 3.80.